The number of thiophene rings is 1. The van der Waals surface area contributed by atoms with Crippen molar-refractivity contribution in [2.75, 3.05) is 7.11 Å². The third kappa shape index (κ3) is 2.59. The van der Waals surface area contributed by atoms with Crippen LogP contribution in [0.4, 0.5) is 0 Å². The minimum Gasteiger partial charge on any atom is -0.463 e. The van der Waals surface area contributed by atoms with Crippen LogP contribution in [-0.4, -0.2) is 13.1 Å². The molecule has 2 aromatic rings. The number of hydrogen-bond donors (Lipinski definition) is 1. The van der Waals surface area contributed by atoms with Gasteiger partial charge in [0.2, 0.25) is 5.76 Å². The molecule has 6 heteroatoms. The van der Waals surface area contributed by atoms with Gasteiger partial charge in [0.05, 0.1) is 16.9 Å². The molecule has 0 amide bonds. The Balaban J connectivity index is 2.23. The summed E-state index contributed by atoms with van der Waals surface area (Å²) < 4.78 is 10.9. The zero-order chi connectivity index (χ0) is 12.4. The smallest absolute Gasteiger partial charge is 0.373 e. The first-order valence-corrected chi connectivity index (χ1v) is 6.46. The molecule has 0 fully saturated rings. The minimum absolute atomic E-state index is 0.159. The fourth-order valence-electron chi connectivity index (χ4n) is 1.38. The second-order valence-electron chi connectivity index (χ2n) is 3.36. The predicted octanol–water partition coefficient (Wildman–Crippen LogP) is 2.94. The Morgan fingerprint density at radius 1 is 1.59 bits per heavy atom. The van der Waals surface area contributed by atoms with E-state index in [1.165, 1.54) is 7.11 Å². The molecule has 0 aliphatic carbocycles. The molecule has 0 spiro atoms. The van der Waals surface area contributed by atoms with Gasteiger partial charge in [0.1, 0.15) is 5.76 Å². The Morgan fingerprint density at radius 2 is 2.35 bits per heavy atom. The van der Waals surface area contributed by atoms with Crippen LogP contribution in [0.1, 0.15) is 27.9 Å². The average molecular weight is 316 g/mol. The SMILES string of the molecule is COC(=O)c1ccc(C(N)c2csc(Br)c2)o1. The number of halogens is 1. The lowest BCUT2D eigenvalue weighted by Crippen LogP contribution is -2.09. The molecule has 2 N–H and O–H groups in total. The van der Waals surface area contributed by atoms with Crippen molar-refractivity contribution < 1.29 is 13.9 Å². The number of hydrogen-bond acceptors (Lipinski definition) is 5. The van der Waals surface area contributed by atoms with Crippen LogP contribution in [0.5, 0.6) is 0 Å². The van der Waals surface area contributed by atoms with E-state index in [1.54, 1.807) is 23.5 Å². The Hall–Kier alpha value is -1.11. The fraction of sp³-hybridized carbons (Fsp3) is 0.182. The van der Waals surface area contributed by atoms with Crippen LogP contribution in [-0.2, 0) is 4.74 Å². The number of furan rings is 1. The van der Waals surface area contributed by atoms with Gasteiger partial charge < -0.3 is 14.9 Å². The first-order valence-electron chi connectivity index (χ1n) is 4.79. The van der Waals surface area contributed by atoms with Gasteiger partial charge in [-0.15, -0.1) is 11.3 Å². The standard InChI is InChI=1S/C11H10BrNO3S/c1-15-11(14)8-3-2-7(16-8)10(13)6-4-9(12)17-5-6/h2-5,10H,13H2,1H3. The number of ether oxygens (including phenoxy) is 1. The normalized spacial score (nSPS) is 12.4. The molecule has 0 radical (unpaired) electrons. The van der Waals surface area contributed by atoms with Gasteiger partial charge in [-0.2, -0.15) is 0 Å². The molecule has 2 heterocycles. The highest BCUT2D eigenvalue weighted by Crippen LogP contribution is 2.28. The van der Waals surface area contributed by atoms with E-state index < -0.39 is 5.97 Å². The Bertz CT molecular complexity index is 534. The quantitative estimate of drug-likeness (QED) is 0.884. The predicted molar refractivity (Wildman–Crippen MR) is 68.1 cm³/mol. The third-order valence-electron chi connectivity index (χ3n) is 2.27. The molecule has 2 aromatic heterocycles. The van der Waals surface area contributed by atoms with E-state index in [2.05, 4.69) is 20.7 Å². The van der Waals surface area contributed by atoms with Gasteiger partial charge in [-0.05, 0) is 45.1 Å². The zero-order valence-corrected chi connectivity index (χ0v) is 11.4. The monoisotopic (exact) mass is 315 g/mol. The summed E-state index contributed by atoms with van der Waals surface area (Å²) in [5.41, 5.74) is 6.96. The topological polar surface area (TPSA) is 65.5 Å². The van der Waals surface area contributed by atoms with E-state index in [-0.39, 0.29) is 11.8 Å². The van der Waals surface area contributed by atoms with Crippen molar-refractivity contribution in [1.82, 2.24) is 0 Å². The molecule has 17 heavy (non-hydrogen) atoms. The molecule has 0 bridgehead atoms. The first kappa shape index (κ1) is 12.3. The average Bonchev–Trinajstić information content (AvgIpc) is 2.95. The molecule has 4 nitrogen and oxygen atoms in total. The van der Waals surface area contributed by atoms with Crippen molar-refractivity contribution in [3.8, 4) is 0 Å². The van der Waals surface area contributed by atoms with Crippen LogP contribution in [0.25, 0.3) is 0 Å². The Kier molecular flexibility index (Phi) is 3.66. The molecule has 0 aromatic carbocycles. The van der Waals surface area contributed by atoms with Crippen molar-refractivity contribution >= 4 is 33.2 Å². The van der Waals surface area contributed by atoms with E-state index in [1.807, 2.05) is 11.4 Å². The molecular formula is C11H10BrNO3S. The number of esters is 1. The van der Waals surface area contributed by atoms with Crippen molar-refractivity contribution in [3.05, 3.63) is 44.4 Å². The molecule has 1 unspecified atom stereocenters. The van der Waals surface area contributed by atoms with E-state index in [0.717, 1.165) is 9.35 Å². The Labute approximate surface area is 111 Å². The summed E-state index contributed by atoms with van der Waals surface area (Å²) in [7, 11) is 1.31. The molecule has 2 rings (SSSR count). The van der Waals surface area contributed by atoms with Gasteiger partial charge in [0.15, 0.2) is 0 Å². The second-order valence-corrected chi connectivity index (χ2v) is 5.65. The highest BCUT2D eigenvalue weighted by Gasteiger charge is 2.17. The van der Waals surface area contributed by atoms with Gasteiger partial charge in [0.25, 0.3) is 0 Å². The largest absolute Gasteiger partial charge is 0.463 e. The van der Waals surface area contributed by atoms with E-state index >= 15 is 0 Å². The second kappa shape index (κ2) is 5.03. The van der Waals surface area contributed by atoms with Crippen molar-refractivity contribution in [1.29, 1.82) is 0 Å². The summed E-state index contributed by atoms with van der Waals surface area (Å²) in [5, 5.41) is 1.94. The summed E-state index contributed by atoms with van der Waals surface area (Å²) in [6, 6.07) is 4.79. The molecule has 90 valence electrons. The number of nitrogens with two attached hydrogens (primary N) is 1. The highest BCUT2D eigenvalue weighted by atomic mass is 79.9. The summed E-state index contributed by atoms with van der Waals surface area (Å²) in [4.78, 5) is 11.2. The summed E-state index contributed by atoms with van der Waals surface area (Å²) >= 11 is 4.92. The maximum atomic E-state index is 11.2. The van der Waals surface area contributed by atoms with Crippen LogP contribution in [0.15, 0.2) is 31.8 Å². The van der Waals surface area contributed by atoms with Crippen molar-refractivity contribution in [2.45, 2.75) is 6.04 Å². The fourth-order valence-corrected chi connectivity index (χ4v) is 2.59. The summed E-state index contributed by atoms with van der Waals surface area (Å²) in [6.45, 7) is 0. The van der Waals surface area contributed by atoms with Crippen molar-refractivity contribution in [3.63, 3.8) is 0 Å². The summed E-state index contributed by atoms with van der Waals surface area (Å²) in [6.07, 6.45) is 0. The lowest BCUT2D eigenvalue weighted by molar-refractivity contribution is 0.0562. The first-order chi connectivity index (χ1) is 8.11. The van der Waals surface area contributed by atoms with Gasteiger partial charge in [-0.3, -0.25) is 0 Å². The zero-order valence-electron chi connectivity index (χ0n) is 8.98. The van der Waals surface area contributed by atoms with Crippen molar-refractivity contribution in [2.24, 2.45) is 5.73 Å². The molecule has 0 aliphatic heterocycles. The Morgan fingerprint density at radius 3 is 2.94 bits per heavy atom. The lowest BCUT2D eigenvalue weighted by Gasteiger charge is -2.05. The van der Waals surface area contributed by atoms with E-state index in [9.17, 15) is 4.79 Å². The minimum atomic E-state index is -0.505. The number of carbonyl (C=O) groups excluding carboxylic acids is 1. The number of methoxy groups -OCH3 is 1. The van der Waals surface area contributed by atoms with E-state index in [4.69, 9.17) is 10.2 Å². The van der Waals surface area contributed by atoms with Gasteiger partial charge in [0, 0.05) is 0 Å². The summed E-state index contributed by atoms with van der Waals surface area (Å²) in [5.74, 6) is 0.192. The van der Waals surface area contributed by atoms with E-state index in [0.29, 0.717) is 5.76 Å². The van der Waals surface area contributed by atoms with Crippen LogP contribution in [0, 0.1) is 0 Å². The molecular weight excluding hydrogens is 306 g/mol. The van der Waals surface area contributed by atoms with Crippen LogP contribution in [0.2, 0.25) is 0 Å². The highest BCUT2D eigenvalue weighted by molar-refractivity contribution is 9.11. The maximum absolute atomic E-state index is 11.2. The third-order valence-corrected chi connectivity index (χ3v) is 3.79. The lowest BCUT2D eigenvalue weighted by atomic mass is 10.1. The van der Waals surface area contributed by atoms with Crippen LogP contribution in [0.3, 0.4) is 0 Å². The molecule has 0 saturated heterocycles. The van der Waals surface area contributed by atoms with Crippen LogP contribution >= 0.6 is 27.3 Å². The molecule has 0 saturated carbocycles. The van der Waals surface area contributed by atoms with Gasteiger partial charge in [-0.25, -0.2) is 4.79 Å². The molecule has 1 atom stereocenters. The molecule has 0 aliphatic rings. The number of rotatable bonds is 3. The number of carbonyl (C=O) groups is 1. The van der Waals surface area contributed by atoms with Gasteiger partial charge >= 0.3 is 5.97 Å². The van der Waals surface area contributed by atoms with Gasteiger partial charge in [-0.1, -0.05) is 0 Å². The van der Waals surface area contributed by atoms with Crippen LogP contribution < -0.4 is 5.73 Å². The maximum Gasteiger partial charge on any atom is 0.373 e.